The Morgan fingerprint density at radius 2 is 1.95 bits per heavy atom. The first-order chi connectivity index (χ1) is 9.43. The van der Waals surface area contributed by atoms with Gasteiger partial charge in [-0.15, -0.1) is 0 Å². The fourth-order valence-electron chi connectivity index (χ4n) is 3.57. The van der Waals surface area contributed by atoms with Crippen LogP contribution in [0.25, 0.3) is 0 Å². The highest BCUT2D eigenvalue weighted by Crippen LogP contribution is 2.38. The SMILES string of the molecule is C(=NCC1OCCC2CCCCC21)c1ccccc1. The van der Waals surface area contributed by atoms with Gasteiger partial charge in [-0.25, -0.2) is 0 Å². The quantitative estimate of drug-likeness (QED) is 0.757. The maximum Gasteiger partial charge on any atom is 0.0800 e. The molecule has 3 unspecified atom stereocenters. The van der Waals surface area contributed by atoms with Crippen molar-refractivity contribution in [2.45, 2.75) is 38.2 Å². The summed E-state index contributed by atoms with van der Waals surface area (Å²) < 4.78 is 5.97. The summed E-state index contributed by atoms with van der Waals surface area (Å²) in [5, 5.41) is 0. The minimum absolute atomic E-state index is 0.360. The molecule has 0 aromatic heterocycles. The summed E-state index contributed by atoms with van der Waals surface area (Å²) in [6.07, 6.45) is 9.16. The van der Waals surface area contributed by atoms with E-state index in [2.05, 4.69) is 29.3 Å². The number of nitrogens with zero attached hydrogens (tertiary/aromatic N) is 1. The Labute approximate surface area is 115 Å². The van der Waals surface area contributed by atoms with E-state index in [9.17, 15) is 0 Å². The zero-order valence-electron chi connectivity index (χ0n) is 11.5. The predicted octanol–water partition coefficient (Wildman–Crippen LogP) is 3.70. The zero-order valence-corrected chi connectivity index (χ0v) is 11.5. The minimum atomic E-state index is 0.360. The van der Waals surface area contributed by atoms with Crippen LogP contribution >= 0.6 is 0 Å². The number of fused-ring (bicyclic) bond motifs is 1. The van der Waals surface area contributed by atoms with Gasteiger partial charge in [0.1, 0.15) is 0 Å². The summed E-state index contributed by atoms with van der Waals surface area (Å²) in [5.74, 6) is 1.66. The molecule has 0 spiro atoms. The van der Waals surface area contributed by atoms with E-state index in [1.807, 2.05) is 12.3 Å². The van der Waals surface area contributed by atoms with Crippen molar-refractivity contribution < 1.29 is 4.74 Å². The molecule has 102 valence electrons. The summed E-state index contributed by atoms with van der Waals surface area (Å²) in [5.41, 5.74) is 1.18. The van der Waals surface area contributed by atoms with Crippen LogP contribution < -0.4 is 0 Å². The van der Waals surface area contributed by atoms with E-state index < -0.39 is 0 Å². The van der Waals surface area contributed by atoms with Gasteiger partial charge in [0.05, 0.1) is 12.6 Å². The van der Waals surface area contributed by atoms with Gasteiger partial charge in [-0.3, -0.25) is 4.99 Å². The van der Waals surface area contributed by atoms with Crippen molar-refractivity contribution in [3.8, 4) is 0 Å². The van der Waals surface area contributed by atoms with Crippen molar-refractivity contribution in [1.82, 2.24) is 0 Å². The lowest BCUT2D eigenvalue weighted by Crippen LogP contribution is -2.40. The number of hydrogen-bond acceptors (Lipinski definition) is 2. The average molecular weight is 257 g/mol. The van der Waals surface area contributed by atoms with Gasteiger partial charge in [0.25, 0.3) is 0 Å². The average Bonchev–Trinajstić information content (AvgIpc) is 2.49. The molecular weight excluding hydrogens is 234 g/mol. The molecular formula is C17H23NO. The van der Waals surface area contributed by atoms with E-state index in [0.717, 1.165) is 25.0 Å². The van der Waals surface area contributed by atoms with E-state index in [1.165, 1.54) is 37.7 Å². The fraction of sp³-hybridized carbons (Fsp3) is 0.588. The Morgan fingerprint density at radius 3 is 2.84 bits per heavy atom. The number of hydrogen-bond donors (Lipinski definition) is 0. The molecule has 2 fully saturated rings. The molecule has 1 aromatic rings. The van der Waals surface area contributed by atoms with Crippen LogP contribution in [0.5, 0.6) is 0 Å². The molecule has 1 aliphatic carbocycles. The van der Waals surface area contributed by atoms with Gasteiger partial charge in [-0.2, -0.15) is 0 Å². The maximum atomic E-state index is 5.97. The van der Waals surface area contributed by atoms with Crippen molar-refractivity contribution in [1.29, 1.82) is 0 Å². The number of ether oxygens (including phenoxy) is 1. The second-order valence-electron chi connectivity index (χ2n) is 5.81. The highest BCUT2D eigenvalue weighted by molar-refractivity contribution is 5.79. The van der Waals surface area contributed by atoms with E-state index in [0.29, 0.717) is 6.10 Å². The summed E-state index contributed by atoms with van der Waals surface area (Å²) in [6, 6.07) is 10.3. The van der Waals surface area contributed by atoms with Crippen molar-refractivity contribution in [3.63, 3.8) is 0 Å². The maximum absolute atomic E-state index is 5.97. The van der Waals surface area contributed by atoms with Crippen LogP contribution in [0.3, 0.4) is 0 Å². The van der Waals surface area contributed by atoms with Crippen molar-refractivity contribution in [2.75, 3.05) is 13.2 Å². The third-order valence-corrected chi connectivity index (χ3v) is 4.59. The first-order valence-corrected chi connectivity index (χ1v) is 7.60. The van der Waals surface area contributed by atoms with Crippen LogP contribution in [0.4, 0.5) is 0 Å². The molecule has 1 aliphatic heterocycles. The van der Waals surface area contributed by atoms with E-state index >= 15 is 0 Å². The third-order valence-electron chi connectivity index (χ3n) is 4.59. The van der Waals surface area contributed by atoms with Gasteiger partial charge in [-0.1, -0.05) is 49.6 Å². The number of aliphatic imine (C=N–C) groups is 1. The summed E-state index contributed by atoms with van der Waals surface area (Å²) in [7, 11) is 0. The van der Waals surface area contributed by atoms with Gasteiger partial charge in [-0.05, 0) is 30.2 Å². The topological polar surface area (TPSA) is 21.6 Å². The Morgan fingerprint density at radius 1 is 1.11 bits per heavy atom. The highest BCUT2D eigenvalue weighted by atomic mass is 16.5. The van der Waals surface area contributed by atoms with Gasteiger partial charge in [0.2, 0.25) is 0 Å². The molecule has 1 saturated heterocycles. The van der Waals surface area contributed by atoms with E-state index in [-0.39, 0.29) is 0 Å². The lowest BCUT2D eigenvalue weighted by molar-refractivity contribution is -0.0651. The smallest absolute Gasteiger partial charge is 0.0800 e. The van der Waals surface area contributed by atoms with Gasteiger partial charge in [0.15, 0.2) is 0 Å². The van der Waals surface area contributed by atoms with Gasteiger partial charge in [0, 0.05) is 12.8 Å². The molecule has 3 rings (SSSR count). The van der Waals surface area contributed by atoms with Crippen molar-refractivity contribution in [3.05, 3.63) is 35.9 Å². The van der Waals surface area contributed by atoms with Crippen LogP contribution in [0.1, 0.15) is 37.7 Å². The van der Waals surface area contributed by atoms with Crippen LogP contribution in [0.2, 0.25) is 0 Å². The summed E-state index contributed by atoms with van der Waals surface area (Å²) in [6.45, 7) is 1.77. The lowest BCUT2D eigenvalue weighted by Gasteiger charge is -2.40. The Hall–Kier alpha value is -1.15. The molecule has 1 saturated carbocycles. The molecule has 3 atom stereocenters. The van der Waals surface area contributed by atoms with Gasteiger partial charge >= 0.3 is 0 Å². The minimum Gasteiger partial charge on any atom is -0.376 e. The lowest BCUT2D eigenvalue weighted by atomic mass is 9.73. The molecule has 1 aromatic carbocycles. The zero-order chi connectivity index (χ0) is 12.9. The molecule has 2 aliphatic rings. The van der Waals surface area contributed by atoms with Crippen molar-refractivity contribution >= 4 is 6.21 Å². The summed E-state index contributed by atoms with van der Waals surface area (Å²) >= 11 is 0. The molecule has 2 nitrogen and oxygen atoms in total. The molecule has 0 amide bonds. The van der Waals surface area contributed by atoms with E-state index in [4.69, 9.17) is 4.74 Å². The molecule has 0 radical (unpaired) electrons. The normalized spacial score (nSPS) is 31.3. The standard InChI is InChI=1S/C17H23NO/c1-2-6-14(7-3-1)12-18-13-17-16-9-5-4-8-15(16)10-11-19-17/h1-3,6-7,12,15-17H,4-5,8-11,13H2. The molecule has 1 heterocycles. The third kappa shape index (κ3) is 3.24. The first-order valence-electron chi connectivity index (χ1n) is 7.60. The second kappa shape index (κ2) is 6.33. The van der Waals surface area contributed by atoms with Crippen LogP contribution in [-0.2, 0) is 4.74 Å². The Kier molecular flexibility index (Phi) is 4.29. The molecule has 0 bridgehead atoms. The fourth-order valence-corrected chi connectivity index (χ4v) is 3.57. The summed E-state index contributed by atoms with van der Waals surface area (Å²) in [4.78, 5) is 4.61. The molecule has 0 N–H and O–H groups in total. The van der Waals surface area contributed by atoms with Crippen LogP contribution in [-0.4, -0.2) is 25.5 Å². The van der Waals surface area contributed by atoms with E-state index in [1.54, 1.807) is 0 Å². The van der Waals surface area contributed by atoms with Crippen LogP contribution in [0, 0.1) is 11.8 Å². The Balaban J connectivity index is 1.58. The largest absolute Gasteiger partial charge is 0.376 e. The Bertz CT molecular complexity index is 413. The number of benzene rings is 1. The predicted molar refractivity (Wildman–Crippen MR) is 78.7 cm³/mol. The molecule has 19 heavy (non-hydrogen) atoms. The highest BCUT2D eigenvalue weighted by Gasteiger charge is 2.35. The first kappa shape index (κ1) is 12.9. The van der Waals surface area contributed by atoms with Gasteiger partial charge < -0.3 is 4.74 Å². The monoisotopic (exact) mass is 257 g/mol. The number of rotatable bonds is 3. The molecule has 2 heteroatoms. The van der Waals surface area contributed by atoms with Crippen LogP contribution in [0.15, 0.2) is 35.3 Å². The second-order valence-corrected chi connectivity index (χ2v) is 5.81. The van der Waals surface area contributed by atoms with Crippen molar-refractivity contribution in [2.24, 2.45) is 16.8 Å².